The van der Waals surface area contributed by atoms with E-state index in [4.69, 9.17) is 0 Å². The van der Waals surface area contributed by atoms with Crippen LogP contribution >= 0.6 is 0 Å². The molecule has 0 saturated heterocycles. The molecule has 1 rings (SSSR count). The van der Waals surface area contributed by atoms with E-state index in [2.05, 4.69) is 19.1 Å². The van der Waals surface area contributed by atoms with Gasteiger partial charge in [-0.25, -0.2) is 0 Å². The minimum absolute atomic E-state index is 0.109. The average molecular weight is 279 g/mol. The molecule has 2 N–H and O–H groups in total. The van der Waals surface area contributed by atoms with E-state index in [1.165, 1.54) is 49.5 Å². The van der Waals surface area contributed by atoms with E-state index >= 15 is 0 Å². The van der Waals surface area contributed by atoms with Crippen molar-refractivity contribution in [1.29, 1.82) is 0 Å². The van der Waals surface area contributed by atoms with E-state index in [-0.39, 0.29) is 11.8 Å². The molecule has 0 fully saturated rings. The van der Waals surface area contributed by atoms with Crippen LogP contribution in [-0.2, 0) is 13.5 Å². The summed E-state index contributed by atoms with van der Waals surface area (Å²) in [5, 5.41) is 19.2. The van der Waals surface area contributed by atoms with Gasteiger partial charge in [-0.2, -0.15) is 0 Å². The second-order valence-corrected chi connectivity index (χ2v) is 5.50. The van der Waals surface area contributed by atoms with Crippen LogP contribution < -0.4 is 0 Å². The number of hydrogen-bond acceptors (Lipinski definition) is 2. The van der Waals surface area contributed by atoms with Gasteiger partial charge in [-0.15, -0.1) is 0 Å². The lowest BCUT2D eigenvalue weighted by Crippen LogP contribution is -1.86. The summed E-state index contributed by atoms with van der Waals surface area (Å²) >= 11 is 0. The Balaban J connectivity index is 2.09. The third kappa shape index (κ3) is 5.72. The highest BCUT2D eigenvalue weighted by atomic mass is 16.3. The highest BCUT2D eigenvalue weighted by molar-refractivity contribution is 5.36. The summed E-state index contributed by atoms with van der Waals surface area (Å²) in [6, 6.07) is 1.62. The molecule has 0 aliphatic rings. The van der Waals surface area contributed by atoms with Gasteiger partial charge in [0.1, 0.15) is 0 Å². The molecule has 0 aliphatic heterocycles. The Kier molecular flexibility index (Phi) is 7.93. The summed E-state index contributed by atoms with van der Waals surface area (Å²) in [4.78, 5) is 0. The van der Waals surface area contributed by atoms with Crippen LogP contribution in [0.5, 0.6) is 11.8 Å². The molecule has 20 heavy (non-hydrogen) atoms. The third-order valence-corrected chi connectivity index (χ3v) is 3.73. The van der Waals surface area contributed by atoms with Gasteiger partial charge in [0.2, 0.25) is 0 Å². The first-order valence-corrected chi connectivity index (χ1v) is 7.88. The van der Waals surface area contributed by atoms with Crippen molar-refractivity contribution in [3.63, 3.8) is 0 Å². The fourth-order valence-electron chi connectivity index (χ4n) is 2.34. The molecule has 0 amide bonds. The Morgan fingerprint density at radius 1 is 1.00 bits per heavy atom. The van der Waals surface area contributed by atoms with Crippen LogP contribution in [0, 0.1) is 0 Å². The number of allylic oxidation sites excluding steroid dienone is 2. The summed E-state index contributed by atoms with van der Waals surface area (Å²) in [6.07, 6.45) is 15.4. The first kappa shape index (κ1) is 16.7. The van der Waals surface area contributed by atoms with Crippen molar-refractivity contribution >= 4 is 0 Å². The number of nitrogens with zero attached hydrogens (tertiary/aromatic N) is 1. The smallest absolute Gasteiger partial charge is 0.197 e. The Morgan fingerprint density at radius 2 is 1.65 bits per heavy atom. The second-order valence-electron chi connectivity index (χ2n) is 5.50. The fourth-order valence-corrected chi connectivity index (χ4v) is 2.34. The molecular weight excluding hydrogens is 250 g/mol. The topological polar surface area (TPSA) is 45.4 Å². The number of hydrogen-bond donors (Lipinski definition) is 2. The van der Waals surface area contributed by atoms with Gasteiger partial charge in [0.15, 0.2) is 11.8 Å². The monoisotopic (exact) mass is 279 g/mol. The molecule has 1 heterocycles. The molecule has 0 unspecified atom stereocenters. The number of aromatic nitrogens is 1. The van der Waals surface area contributed by atoms with Crippen molar-refractivity contribution in [2.75, 3.05) is 0 Å². The molecule has 1 aromatic rings. The average Bonchev–Trinajstić information content (AvgIpc) is 2.68. The standard InChI is InChI=1S/C17H29NO2/c1-3-4-5-6-7-8-9-10-11-12-13-15-14-16(19)18(2)17(15)20/h11-12,14,19-20H,3-10,13H2,1-2H3. The van der Waals surface area contributed by atoms with Gasteiger partial charge in [-0.05, 0) is 19.3 Å². The predicted octanol–water partition coefficient (Wildman–Crippen LogP) is 4.68. The highest BCUT2D eigenvalue weighted by Crippen LogP contribution is 2.26. The van der Waals surface area contributed by atoms with Gasteiger partial charge in [-0.1, -0.05) is 57.6 Å². The number of unbranched alkanes of at least 4 members (excludes halogenated alkanes) is 7. The third-order valence-electron chi connectivity index (χ3n) is 3.73. The van der Waals surface area contributed by atoms with Crippen LogP contribution in [0.2, 0.25) is 0 Å². The minimum atomic E-state index is 0.109. The first-order chi connectivity index (χ1) is 9.66. The van der Waals surface area contributed by atoms with Gasteiger partial charge in [0.05, 0.1) is 0 Å². The quantitative estimate of drug-likeness (QED) is 0.482. The van der Waals surface area contributed by atoms with Crippen LogP contribution in [0.1, 0.15) is 63.9 Å². The number of aromatic hydroxyl groups is 2. The Hall–Kier alpha value is -1.38. The molecule has 0 aliphatic carbocycles. The van der Waals surface area contributed by atoms with Crippen molar-refractivity contribution in [1.82, 2.24) is 4.57 Å². The van der Waals surface area contributed by atoms with Crippen molar-refractivity contribution in [3.05, 3.63) is 23.8 Å². The Bertz CT molecular complexity index is 407. The van der Waals surface area contributed by atoms with Crippen molar-refractivity contribution in [2.24, 2.45) is 7.05 Å². The largest absolute Gasteiger partial charge is 0.494 e. The SMILES string of the molecule is CCCCCCCCCC=CCc1cc(O)n(C)c1O. The summed E-state index contributed by atoms with van der Waals surface area (Å²) in [5.41, 5.74) is 0.779. The summed E-state index contributed by atoms with van der Waals surface area (Å²) in [5.74, 6) is 0.265. The minimum Gasteiger partial charge on any atom is -0.494 e. The lowest BCUT2D eigenvalue weighted by Gasteiger charge is -1.99. The van der Waals surface area contributed by atoms with Crippen LogP contribution in [0.25, 0.3) is 0 Å². The van der Waals surface area contributed by atoms with E-state index in [9.17, 15) is 10.2 Å². The normalized spacial score (nSPS) is 11.5. The zero-order valence-electron chi connectivity index (χ0n) is 12.9. The molecule has 114 valence electrons. The summed E-state index contributed by atoms with van der Waals surface area (Å²) in [6.45, 7) is 2.25. The van der Waals surface area contributed by atoms with Crippen LogP contribution in [0.15, 0.2) is 18.2 Å². The van der Waals surface area contributed by atoms with Crippen LogP contribution in [0.4, 0.5) is 0 Å². The van der Waals surface area contributed by atoms with E-state index in [1.807, 2.05) is 0 Å². The van der Waals surface area contributed by atoms with E-state index < -0.39 is 0 Å². The van der Waals surface area contributed by atoms with Gasteiger partial charge < -0.3 is 10.2 Å². The molecule has 0 atom stereocenters. The second kappa shape index (κ2) is 9.51. The van der Waals surface area contributed by atoms with Crippen LogP contribution in [0.3, 0.4) is 0 Å². The first-order valence-electron chi connectivity index (χ1n) is 7.88. The highest BCUT2D eigenvalue weighted by Gasteiger charge is 2.08. The maximum Gasteiger partial charge on any atom is 0.197 e. The Labute approximate surface area is 122 Å². The zero-order valence-corrected chi connectivity index (χ0v) is 12.9. The summed E-state index contributed by atoms with van der Waals surface area (Å²) in [7, 11) is 1.65. The van der Waals surface area contributed by atoms with Gasteiger partial charge >= 0.3 is 0 Å². The van der Waals surface area contributed by atoms with Gasteiger partial charge in [0, 0.05) is 18.7 Å². The fraction of sp³-hybridized carbons (Fsp3) is 0.647. The number of rotatable bonds is 10. The van der Waals surface area contributed by atoms with Crippen molar-refractivity contribution < 1.29 is 10.2 Å². The molecule has 1 aromatic heterocycles. The Morgan fingerprint density at radius 3 is 2.25 bits per heavy atom. The maximum atomic E-state index is 9.73. The van der Waals surface area contributed by atoms with E-state index in [1.54, 1.807) is 13.1 Å². The maximum absolute atomic E-state index is 9.73. The molecule has 0 saturated carbocycles. The molecule has 0 aromatic carbocycles. The predicted molar refractivity (Wildman–Crippen MR) is 84.2 cm³/mol. The van der Waals surface area contributed by atoms with E-state index in [0.717, 1.165) is 12.0 Å². The zero-order chi connectivity index (χ0) is 14.8. The van der Waals surface area contributed by atoms with Gasteiger partial charge in [0.25, 0.3) is 0 Å². The van der Waals surface area contributed by atoms with Crippen molar-refractivity contribution in [3.8, 4) is 11.8 Å². The van der Waals surface area contributed by atoms with Crippen LogP contribution in [-0.4, -0.2) is 14.8 Å². The van der Waals surface area contributed by atoms with E-state index in [0.29, 0.717) is 6.42 Å². The molecule has 3 nitrogen and oxygen atoms in total. The molecule has 0 bridgehead atoms. The molecule has 3 heteroatoms. The van der Waals surface area contributed by atoms with Crippen molar-refractivity contribution in [2.45, 2.75) is 64.7 Å². The lowest BCUT2D eigenvalue weighted by molar-refractivity contribution is 0.385. The molecular formula is C17H29NO2. The molecule has 0 radical (unpaired) electrons. The molecule has 0 spiro atoms. The van der Waals surface area contributed by atoms with Gasteiger partial charge in [-0.3, -0.25) is 4.57 Å². The lowest BCUT2D eigenvalue weighted by atomic mass is 10.1. The summed E-state index contributed by atoms with van der Waals surface area (Å²) < 4.78 is 1.39.